The van der Waals surface area contributed by atoms with E-state index in [1.54, 1.807) is 12.1 Å². The maximum Gasteiger partial charge on any atom is 0.338 e. The number of ether oxygens (including phenoxy) is 1. The van der Waals surface area contributed by atoms with Crippen LogP contribution in [0.15, 0.2) is 24.3 Å². The lowest BCUT2D eigenvalue weighted by atomic mass is 9.78. The highest BCUT2D eigenvalue weighted by Gasteiger charge is 2.21. The fourth-order valence-electron chi connectivity index (χ4n) is 3.02. The molecule has 116 valence electrons. The van der Waals surface area contributed by atoms with Crippen molar-refractivity contribution in [3.8, 4) is 0 Å². The van der Waals surface area contributed by atoms with Crippen molar-refractivity contribution in [3.05, 3.63) is 35.4 Å². The molecule has 0 bridgehead atoms. The molecule has 2 nitrogen and oxygen atoms in total. The molecule has 4 heteroatoms. The smallest absolute Gasteiger partial charge is 0.338 e. The van der Waals surface area contributed by atoms with E-state index in [9.17, 15) is 13.6 Å². The summed E-state index contributed by atoms with van der Waals surface area (Å²) < 4.78 is 28.5. The van der Waals surface area contributed by atoms with Gasteiger partial charge in [-0.25, -0.2) is 13.6 Å². The highest BCUT2D eigenvalue weighted by atomic mass is 19.3. The summed E-state index contributed by atoms with van der Waals surface area (Å²) in [6, 6.07) is 7.20. The lowest BCUT2D eigenvalue weighted by Crippen LogP contribution is -2.13. The third-order valence-corrected chi connectivity index (χ3v) is 4.38. The molecule has 1 aliphatic carbocycles. The number of halogens is 2. The first-order valence-electron chi connectivity index (χ1n) is 7.65. The fraction of sp³-hybridized carbons (Fsp3) is 0.588. The van der Waals surface area contributed by atoms with Crippen molar-refractivity contribution in [1.29, 1.82) is 0 Å². The van der Waals surface area contributed by atoms with E-state index in [-0.39, 0.29) is 0 Å². The first kappa shape index (κ1) is 15.9. The molecule has 1 aliphatic rings. The van der Waals surface area contributed by atoms with Crippen molar-refractivity contribution in [2.75, 3.05) is 6.61 Å². The Morgan fingerprint density at radius 1 is 1.19 bits per heavy atom. The van der Waals surface area contributed by atoms with E-state index >= 15 is 0 Å². The highest BCUT2D eigenvalue weighted by molar-refractivity contribution is 5.89. The fourth-order valence-corrected chi connectivity index (χ4v) is 3.02. The Kier molecular flexibility index (Phi) is 5.71. The van der Waals surface area contributed by atoms with Crippen LogP contribution in [0.1, 0.15) is 60.9 Å². The van der Waals surface area contributed by atoms with Crippen LogP contribution >= 0.6 is 0 Å². The zero-order valence-corrected chi connectivity index (χ0v) is 12.4. The van der Waals surface area contributed by atoms with Gasteiger partial charge >= 0.3 is 5.97 Å². The Morgan fingerprint density at radius 2 is 1.81 bits per heavy atom. The van der Waals surface area contributed by atoms with E-state index in [0.29, 0.717) is 11.5 Å². The van der Waals surface area contributed by atoms with Crippen molar-refractivity contribution in [1.82, 2.24) is 0 Å². The molecular weight excluding hydrogens is 274 g/mol. The first-order valence-corrected chi connectivity index (χ1v) is 7.65. The molecule has 0 N–H and O–H groups in total. The van der Waals surface area contributed by atoms with Gasteiger partial charge in [-0.15, -0.1) is 0 Å². The molecule has 0 unspecified atom stereocenters. The lowest BCUT2D eigenvalue weighted by molar-refractivity contribution is 0.0160. The predicted octanol–water partition coefficient (Wildman–Crippen LogP) is 4.79. The monoisotopic (exact) mass is 296 g/mol. The summed E-state index contributed by atoms with van der Waals surface area (Å²) in [6.45, 7) is 1.40. The summed E-state index contributed by atoms with van der Waals surface area (Å²) in [6.07, 6.45) is 3.53. The Hall–Kier alpha value is -1.45. The molecule has 1 aromatic rings. The summed E-state index contributed by atoms with van der Waals surface area (Å²) in [4.78, 5) is 11.6. The quantitative estimate of drug-likeness (QED) is 0.730. The molecule has 1 fully saturated rings. The second-order valence-electron chi connectivity index (χ2n) is 5.74. The maximum absolute atomic E-state index is 12.0. The van der Waals surface area contributed by atoms with E-state index in [2.05, 4.69) is 11.7 Å². The zero-order valence-electron chi connectivity index (χ0n) is 12.4. The number of rotatable bonds is 5. The van der Waals surface area contributed by atoms with Crippen molar-refractivity contribution in [2.24, 2.45) is 5.92 Å². The van der Waals surface area contributed by atoms with Gasteiger partial charge in [-0.2, -0.15) is 0 Å². The largest absolute Gasteiger partial charge is 0.456 e. The van der Waals surface area contributed by atoms with Crippen LogP contribution in [-0.4, -0.2) is 19.0 Å². The van der Waals surface area contributed by atoms with E-state index < -0.39 is 19.0 Å². The van der Waals surface area contributed by atoms with Gasteiger partial charge in [0.2, 0.25) is 0 Å². The van der Waals surface area contributed by atoms with Gasteiger partial charge in [-0.3, -0.25) is 0 Å². The van der Waals surface area contributed by atoms with E-state index in [0.717, 1.165) is 5.92 Å². The Bertz CT molecular complexity index is 448. The number of esters is 1. The zero-order chi connectivity index (χ0) is 15.2. The van der Waals surface area contributed by atoms with Crippen LogP contribution in [-0.2, 0) is 4.74 Å². The standard InChI is InChI=1S/C17H22F2O2/c1-2-12-3-5-13(6-4-12)14-7-9-15(10-8-14)17(20)21-11-16(18)19/h7-10,12-13,16H,2-6,11H2,1H3. The molecule has 1 saturated carbocycles. The minimum atomic E-state index is -2.62. The van der Waals surface area contributed by atoms with Gasteiger partial charge in [0.1, 0.15) is 0 Å². The Balaban J connectivity index is 1.91. The van der Waals surface area contributed by atoms with Gasteiger partial charge in [0.05, 0.1) is 5.56 Å². The molecule has 0 amide bonds. The average molecular weight is 296 g/mol. The van der Waals surface area contributed by atoms with Crippen LogP contribution in [0.3, 0.4) is 0 Å². The summed E-state index contributed by atoms with van der Waals surface area (Å²) >= 11 is 0. The van der Waals surface area contributed by atoms with E-state index in [1.165, 1.54) is 37.7 Å². The Labute approximate surface area is 124 Å². The van der Waals surface area contributed by atoms with Crippen LogP contribution in [0, 0.1) is 5.92 Å². The molecule has 0 aromatic heterocycles. The van der Waals surface area contributed by atoms with Crippen molar-refractivity contribution < 1.29 is 18.3 Å². The predicted molar refractivity (Wildman–Crippen MR) is 77.7 cm³/mol. The highest BCUT2D eigenvalue weighted by Crippen LogP contribution is 2.36. The van der Waals surface area contributed by atoms with Gasteiger partial charge in [-0.1, -0.05) is 25.5 Å². The van der Waals surface area contributed by atoms with Gasteiger partial charge in [0.25, 0.3) is 6.43 Å². The number of hydrogen-bond donors (Lipinski definition) is 0. The molecule has 0 spiro atoms. The van der Waals surface area contributed by atoms with Crippen molar-refractivity contribution in [3.63, 3.8) is 0 Å². The summed E-state index contributed by atoms with van der Waals surface area (Å²) in [5.41, 5.74) is 1.57. The number of carbonyl (C=O) groups excluding carboxylic acids is 1. The molecule has 0 saturated heterocycles. The third kappa shape index (κ3) is 4.51. The van der Waals surface area contributed by atoms with E-state index in [4.69, 9.17) is 0 Å². The van der Waals surface area contributed by atoms with Crippen molar-refractivity contribution in [2.45, 2.75) is 51.4 Å². The van der Waals surface area contributed by atoms with Crippen LogP contribution in [0.4, 0.5) is 8.78 Å². The van der Waals surface area contributed by atoms with Crippen LogP contribution in [0.2, 0.25) is 0 Å². The lowest BCUT2D eigenvalue weighted by Gasteiger charge is -2.28. The molecule has 1 aromatic carbocycles. The number of alkyl halides is 2. The molecule has 21 heavy (non-hydrogen) atoms. The van der Waals surface area contributed by atoms with Crippen LogP contribution < -0.4 is 0 Å². The second kappa shape index (κ2) is 7.53. The minimum Gasteiger partial charge on any atom is -0.456 e. The van der Waals surface area contributed by atoms with Crippen LogP contribution in [0.5, 0.6) is 0 Å². The number of carbonyl (C=O) groups is 1. The maximum atomic E-state index is 12.0. The Morgan fingerprint density at radius 3 is 2.33 bits per heavy atom. The second-order valence-corrected chi connectivity index (χ2v) is 5.74. The van der Waals surface area contributed by atoms with E-state index in [1.807, 2.05) is 12.1 Å². The molecular formula is C17H22F2O2. The summed E-state index contributed by atoms with van der Waals surface area (Å²) in [5, 5.41) is 0. The van der Waals surface area contributed by atoms with Gasteiger partial charge in [0.15, 0.2) is 6.61 Å². The van der Waals surface area contributed by atoms with Gasteiger partial charge in [0, 0.05) is 0 Å². The number of hydrogen-bond acceptors (Lipinski definition) is 2. The van der Waals surface area contributed by atoms with Gasteiger partial charge < -0.3 is 4.74 Å². The normalized spacial score (nSPS) is 22.3. The third-order valence-electron chi connectivity index (χ3n) is 4.38. The SMILES string of the molecule is CCC1CCC(c2ccc(C(=O)OCC(F)F)cc2)CC1. The van der Waals surface area contributed by atoms with Crippen molar-refractivity contribution >= 4 is 5.97 Å². The molecule has 0 heterocycles. The minimum absolute atomic E-state index is 0.335. The number of benzene rings is 1. The molecule has 0 atom stereocenters. The van der Waals surface area contributed by atoms with Crippen LogP contribution in [0.25, 0.3) is 0 Å². The average Bonchev–Trinajstić information content (AvgIpc) is 2.53. The molecule has 2 rings (SSSR count). The summed E-state index contributed by atoms with van der Waals surface area (Å²) in [7, 11) is 0. The van der Waals surface area contributed by atoms with Gasteiger partial charge in [-0.05, 0) is 55.2 Å². The molecule has 0 aliphatic heterocycles. The summed E-state index contributed by atoms with van der Waals surface area (Å²) in [5.74, 6) is 0.723. The first-order chi connectivity index (χ1) is 10.1. The molecule has 0 radical (unpaired) electrons. The topological polar surface area (TPSA) is 26.3 Å².